The lowest BCUT2D eigenvalue weighted by atomic mass is 9.87. The first-order chi connectivity index (χ1) is 10.3. The van der Waals surface area contributed by atoms with Gasteiger partial charge in [0.25, 0.3) is 5.91 Å². The van der Waals surface area contributed by atoms with Crippen molar-refractivity contribution in [2.45, 2.75) is 44.9 Å². The number of carbonyl (C=O) groups excluding carboxylic acids is 1. The van der Waals surface area contributed by atoms with Crippen LogP contribution in [0.2, 0.25) is 0 Å². The lowest BCUT2D eigenvalue weighted by Gasteiger charge is -2.21. The van der Waals surface area contributed by atoms with Crippen LogP contribution >= 0.6 is 11.3 Å². The van der Waals surface area contributed by atoms with Gasteiger partial charge in [-0.25, -0.2) is 0 Å². The van der Waals surface area contributed by atoms with E-state index in [-0.39, 0.29) is 12.5 Å². The first kappa shape index (κ1) is 16.1. The second kappa shape index (κ2) is 8.86. The van der Waals surface area contributed by atoms with Crippen LogP contribution in [0.25, 0.3) is 0 Å². The fourth-order valence-corrected chi connectivity index (χ4v) is 3.45. The molecule has 1 heterocycles. The van der Waals surface area contributed by atoms with Crippen molar-refractivity contribution in [3.05, 3.63) is 21.9 Å². The zero-order valence-electron chi connectivity index (χ0n) is 12.4. The predicted octanol–water partition coefficient (Wildman–Crippen LogP) is 3.18. The Kier molecular flexibility index (Phi) is 6.78. The molecule has 21 heavy (non-hydrogen) atoms. The molecule has 1 amide bonds. The van der Waals surface area contributed by atoms with Crippen molar-refractivity contribution in [3.63, 3.8) is 0 Å². The van der Waals surface area contributed by atoms with Gasteiger partial charge in [-0.3, -0.25) is 4.79 Å². The number of aliphatic hydroxyl groups is 1. The fourth-order valence-electron chi connectivity index (χ4n) is 2.69. The average molecular weight is 305 g/mol. The van der Waals surface area contributed by atoms with Gasteiger partial charge in [0.1, 0.15) is 0 Å². The van der Waals surface area contributed by atoms with Crippen LogP contribution in [0.4, 0.5) is 0 Å². The maximum absolute atomic E-state index is 12.0. The number of carbonyl (C=O) groups is 1. The van der Waals surface area contributed by atoms with Gasteiger partial charge < -0.3 is 10.4 Å². The molecule has 0 saturated heterocycles. The Bertz CT molecular complexity index is 506. The molecule has 0 radical (unpaired) electrons. The summed E-state index contributed by atoms with van der Waals surface area (Å²) in [6.07, 6.45) is 8.27. The van der Waals surface area contributed by atoms with Crippen molar-refractivity contribution >= 4 is 17.2 Å². The molecule has 3 nitrogen and oxygen atoms in total. The molecule has 1 fully saturated rings. The average Bonchev–Trinajstić information content (AvgIpc) is 2.97. The highest BCUT2D eigenvalue weighted by Crippen LogP contribution is 2.25. The maximum atomic E-state index is 12.0. The van der Waals surface area contributed by atoms with Crippen molar-refractivity contribution in [2.24, 2.45) is 5.92 Å². The lowest BCUT2D eigenvalue weighted by Crippen LogP contribution is -2.26. The minimum atomic E-state index is -0.00253. The quantitative estimate of drug-likeness (QED) is 0.821. The Labute approximate surface area is 130 Å². The smallest absolute Gasteiger partial charge is 0.252 e. The zero-order chi connectivity index (χ0) is 14.9. The number of hydrogen-bond acceptors (Lipinski definition) is 3. The summed E-state index contributed by atoms with van der Waals surface area (Å²) in [6.45, 7) is 0.845. The fraction of sp³-hybridized carbons (Fsp3) is 0.588. The molecular weight excluding hydrogens is 282 g/mol. The summed E-state index contributed by atoms with van der Waals surface area (Å²) in [5.41, 5.74) is 0.692. The number of hydrogen-bond donors (Lipinski definition) is 2. The zero-order valence-corrected chi connectivity index (χ0v) is 13.2. The van der Waals surface area contributed by atoms with E-state index in [1.807, 2.05) is 11.4 Å². The van der Waals surface area contributed by atoms with E-state index in [1.165, 1.54) is 43.4 Å². The van der Waals surface area contributed by atoms with Crippen molar-refractivity contribution in [1.29, 1.82) is 0 Å². The Morgan fingerprint density at radius 3 is 2.95 bits per heavy atom. The van der Waals surface area contributed by atoms with Crippen molar-refractivity contribution < 1.29 is 9.90 Å². The van der Waals surface area contributed by atoms with Gasteiger partial charge in [-0.1, -0.05) is 43.9 Å². The van der Waals surface area contributed by atoms with Crippen LogP contribution in [0.5, 0.6) is 0 Å². The van der Waals surface area contributed by atoms with E-state index in [4.69, 9.17) is 5.11 Å². The molecule has 1 aromatic heterocycles. The van der Waals surface area contributed by atoms with Gasteiger partial charge in [0.05, 0.1) is 17.0 Å². The Morgan fingerprint density at radius 1 is 1.38 bits per heavy atom. The van der Waals surface area contributed by atoms with Gasteiger partial charge in [-0.15, -0.1) is 11.3 Å². The molecule has 0 spiro atoms. The van der Waals surface area contributed by atoms with Gasteiger partial charge in [0.15, 0.2) is 0 Å². The van der Waals surface area contributed by atoms with E-state index < -0.39 is 0 Å². The first-order valence-corrected chi connectivity index (χ1v) is 8.64. The highest BCUT2D eigenvalue weighted by atomic mass is 32.1. The van der Waals surface area contributed by atoms with Gasteiger partial charge in [0.2, 0.25) is 0 Å². The summed E-state index contributed by atoms with van der Waals surface area (Å²) in [6, 6.07) is 1.82. The highest BCUT2D eigenvalue weighted by Gasteiger charge is 2.14. The third-order valence-electron chi connectivity index (χ3n) is 3.87. The van der Waals surface area contributed by atoms with Crippen LogP contribution in [0.15, 0.2) is 11.4 Å². The van der Waals surface area contributed by atoms with Gasteiger partial charge in [-0.2, -0.15) is 0 Å². The predicted molar refractivity (Wildman–Crippen MR) is 86.4 cm³/mol. The van der Waals surface area contributed by atoms with E-state index in [0.717, 1.165) is 23.8 Å². The Hall–Kier alpha value is -1.31. The SMILES string of the molecule is O=C(NCCC1CCCCC1)c1csc(C#CCCO)c1. The minimum Gasteiger partial charge on any atom is -0.395 e. The van der Waals surface area contributed by atoms with E-state index in [9.17, 15) is 4.79 Å². The van der Waals surface area contributed by atoms with Crippen molar-refractivity contribution in [3.8, 4) is 11.8 Å². The van der Waals surface area contributed by atoms with Gasteiger partial charge in [-0.05, 0) is 18.4 Å². The topological polar surface area (TPSA) is 49.3 Å². The highest BCUT2D eigenvalue weighted by molar-refractivity contribution is 7.10. The standard InChI is InChI=1S/C17H23NO2S/c19-11-5-4-8-16-12-15(13-21-16)17(20)18-10-9-14-6-2-1-3-7-14/h12-14,19H,1-3,5-7,9-11H2,(H,18,20). The number of nitrogens with one attached hydrogen (secondary N) is 1. The molecule has 0 atom stereocenters. The molecule has 0 aromatic carbocycles. The molecule has 0 unspecified atom stereocenters. The van der Waals surface area contributed by atoms with Crippen molar-refractivity contribution in [2.75, 3.05) is 13.2 Å². The molecule has 2 N–H and O–H groups in total. The van der Waals surface area contributed by atoms with Crippen molar-refractivity contribution in [1.82, 2.24) is 5.32 Å². The van der Waals surface area contributed by atoms with E-state index in [0.29, 0.717) is 12.0 Å². The third-order valence-corrected chi connectivity index (χ3v) is 4.72. The van der Waals surface area contributed by atoms with Crippen LogP contribution in [0, 0.1) is 17.8 Å². The molecule has 1 aliphatic rings. The number of amides is 1. The molecule has 1 saturated carbocycles. The molecule has 1 aromatic rings. The second-order valence-electron chi connectivity index (χ2n) is 5.52. The summed E-state index contributed by atoms with van der Waals surface area (Å²) in [4.78, 5) is 12.9. The Balaban J connectivity index is 1.74. The molecule has 114 valence electrons. The Morgan fingerprint density at radius 2 is 2.19 bits per heavy atom. The van der Waals surface area contributed by atoms with Gasteiger partial charge >= 0.3 is 0 Å². The van der Waals surface area contributed by atoms with Crippen LogP contribution in [-0.2, 0) is 0 Å². The minimum absolute atomic E-state index is 0.00253. The third kappa shape index (κ3) is 5.53. The van der Waals surface area contributed by atoms with Gasteiger partial charge in [0, 0.05) is 18.3 Å². The molecule has 2 rings (SSSR count). The molecule has 0 aliphatic heterocycles. The van der Waals surface area contributed by atoms with Crippen LogP contribution in [0.1, 0.15) is 60.2 Å². The normalized spacial score (nSPS) is 15.3. The summed E-state index contributed by atoms with van der Waals surface area (Å²) in [5, 5.41) is 13.5. The summed E-state index contributed by atoms with van der Waals surface area (Å²) >= 11 is 1.47. The molecule has 0 bridgehead atoms. The second-order valence-corrected chi connectivity index (χ2v) is 6.43. The van der Waals surface area contributed by atoms with Crippen LogP contribution < -0.4 is 5.32 Å². The number of thiophene rings is 1. The largest absolute Gasteiger partial charge is 0.395 e. The molecule has 1 aliphatic carbocycles. The number of rotatable bonds is 5. The van der Waals surface area contributed by atoms with E-state index in [1.54, 1.807) is 0 Å². The summed E-state index contributed by atoms with van der Waals surface area (Å²) in [7, 11) is 0. The monoisotopic (exact) mass is 305 g/mol. The van der Waals surface area contributed by atoms with Crippen LogP contribution in [-0.4, -0.2) is 24.2 Å². The van der Waals surface area contributed by atoms with E-state index in [2.05, 4.69) is 17.2 Å². The van der Waals surface area contributed by atoms with Crippen LogP contribution in [0.3, 0.4) is 0 Å². The maximum Gasteiger partial charge on any atom is 0.252 e. The molecule has 4 heteroatoms. The molecular formula is C17H23NO2S. The summed E-state index contributed by atoms with van der Waals surface area (Å²) < 4.78 is 0. The van der Waals surface area contributed by atoms with E-state index >= 15 is 0 Å². The lowest BCUT2D eigenvalue weighted by molar-refractivity contribution is 0.0951. The number of aliphatic hydroxyl groups excluding tert-OH is 1. The summed E-state index contributed by atoms with van der Waals surface area (Å²) in [5.74, 6) is 6.62. The first-order valence-electron chi connectivity index (χ1n) is 7.76.